The number of amides is 1. The van der Waals surface area contributed by atoms with Gasteiger partial charge in [0.15, 0.2) is 0 Å². The van der Waals surface area contributed by atoms with E-state index in [2.05, 4.69) is 0 Å². The predicted octanol–water partition coefficient (Wildman–Crippen LogP) is 3.92. The average molecular weight is 331 g/mol. The monoisotopic (exact) mass is 330 g/mol. The number of nitro benzene ring substituents is 1. The lowest BCUT2D eigenvalue weighted by Crippen LogP contribution is -2.24. The predicted molar refractivity (Wildman–Crippen MR) is 90.1 cm³/mol. The number of carbonyl (C=O) groups excluding carboxylic acids is 1. The van der Waals surface area contributed by atoms with Crippen molar-refractivity contribution in [3.8, 4) is 0 Å². The largest absolute Gasteiger partial charge is 0.338 e. The van der Waals surface area contributed by atoms with Gasteiger partial charge in [-0.3, -0.25) is 14.9 Å². The highest BCUT2D eigenvalue weighted by atomic mass is 35.5. The standard InChI is InChI=1S/C17H15ClN2O3/c1-19(12-14-5-8-15(18)9-6-14)17(21)10-7-13-3-2-4-16(11-13)20(22)23/h2-11H,12H2,1H3/b10-7+. The van der Waals surface area contributed by atoms with Crippen LogP contribution in [0.3, 0.4) is 0 Å². The molecule has 0 fully saturated rings. The van der Waals surface area contributed by atoms with Crippen molar-refractivity contribution in [3.05, 3.63) is 80.9 Å². The van der Waals surface area contributed by atoms with Crippen LogP contribution in [-0.2, 0) is 11.3 Å². The Morgan fingerprint density at radius 3 is 2.61 bits per heavy atom. The lowest BCUT2D eigenvalue weighted by Gasteiger charge is -2.15. The molecule has 0 aliphatic heterocycles. The minimum atomic E-state index is -0.466. The average Bonchev–Trinajstić information content (AvgIpc) is 2.55. The van der Waals surface area contributed by atoms with Gasteiger partial charge in [-0.05, 0) is 29.3 Å². The van der Waals surface area contributed by atoms with Crippen LogP contribution in [0.15, 0.2) is 54.6 Å². The number of benzene rings is 2. The maximum absolute atomic E-state index is 12.1. The van der Waals surface area contributed by atoms with Crippen molar-refractivity contribution in [3.63, 3.8) is 0 Å². The molecule has 0 aromatic heterocycles. The molecule has 1 amide bonds. The van der Waals surface area contributed by atoms with Crippen molar-refractivity contribution in [1.29, 1.82) is 0 Å². The van der Waals surface area contributed by atoms with Gasteiger partial charge in [0.1, 0.15) is 0 Å². The van der Waals surface area contributed by atoms with Crippen molar-refractivity contribution in [2.45, 2.75) is 6.54 Å². The van der Waals surface area contributed by atoms with Crippen LogP contribution in [-0.4, -0.2) is 22.8 Å². The third-order valence-electron chi connectivity index (χ3n) is 3.21. The Morgan fingerprint density at radius 2 is 1.96 bits per heavy atom. The van der Waals surface area contributed by atoms with Crippen LogP contribution in [0.2, 0.25) is 5.02 Å². The zero-order chi connectivity index (χ0) is 16.8. The molecule has 2 aromatic carbocycles. The van der Waals surface area contributed by atoms with E-state index in [4.69, 9.17) is 11.6 Å². The Morgan fingerprint density at radius 1 is 1.26 bits per heavy atom. The summed E-state index contributed by atoms with van der Waals surface area (Å²) in [5.74, 6) is -0.188. The molecule has 0 spiro atoms. The van der Waals surface area contributed by atoms with E-state index < -0.39 is 4.92 Å². The molecule has 118 valence electrons. The smallest absolute Gasteiger partial charge is 0.270 e. The molecule has 6 heteroatoms. The number of likely N-dealkylation sites (N-methyl/N-ethyl adjacent to an activating group) is 1. The van der Waals surface area contributed by atoms with E-state index in [1.807, 2.05) is 12.1 Å². The Bertz CT molecular complexity index is 742. The topological polar surface area (TPSA) is 63.5 Å². The fraction of sp³-hybridized carbons (Fsp3) is 0.118. The Kier molecular flexibility index (Phi) is 5.49. The number of carbonyl (C=O) groups is 1. The second-order valence-corrected chi connectivity index (χ2v) is 5.44. The molecular formula is C17H15ClN2O3. The maximum Gasteiger partial charge on any atom is 0.270 e. The van der Waals surface area contributed by atoms with Crippen molar-refractivity contribution in [1.82, 2.24) is 4.90 Å². The summed E-state index contributed by atoms with van der Waals surface area (Å²) < 4.78 is 0. The first-order valence-electron chi connectivity index (χ1n) is 6.88. The Hall–Kier alpha value is -2.66. The highest BCUT2D eigenvalue weighted by molar-refractivity contribution is 6.30. The zero-order valence-corrected chi connectivity index (χ0v) is 13.2. The quantitative estimate of drug-likeness (QED) is 0.474. The molecular weight excluding hydrogens is 316 g/mol. The van der Waals surface area contributed by atoms with Gasteiger partial charge in [0.25, 0.3) is 5.69 Å². The van der Waals surface area contributed by atoms with Gasteiger partial charge < -0.3 is 4.90 Å². The number of hydrogen-bond donors (Lipinski definition) is 0. The van der Waals surface area contributed by atoms with E-state index in [-0.39, 0.29) is 11.6 Å². The Labute approximate surface area is 139 Å². The molecule has 0 saturated heterocycles. The van der Waals surface area contributed by atoms with Gasteiger partial charge in [-0.1, -0.05) is 35.9 Å². The SMILES string of the molecule is CN(Cc1ccc(Cl)cc1)C(=O)/C=C/c1cccc([N+](=O)[O-])c1. The highest BCUT2D eigenvalue weighted by Crippen LogP contribution is 2.15. The summed E-state index contributed by atoms with van der Waals surface area (Å²) >= 11 is 5.82. The zero-order valence-electron chi connectivity index (χ0n) is 12.5. The van der Waals surface area contributed by atoms with Crippen LogP contribution >= 0.6 is 11.6 Å². The van der Waals surface area contributed by atoms with E-state index in [0.717, 1.165) is 5.56 Å². The number of halogens is 1. The molecule has 0 heterocycles. The highest BCUT2D eigenvalue weighted by Gasteiger charge is 2.07. The Balaban J connectivity index is 2.01. The van der Waals surface area contributed by atoms with Crippen molar-refractivity contribution in [2.24, 2.45) is 0 Å². The fourth-order valence-electron chi connectivity index (χ4n) is 1.98. The minimum Gasteiger partial charge on any atom is -0.338 e. The van der Waals surface area contributed by atoms with E-state index >= 15 is 0 Å². The van der Waals surface area contributed by atoms with Gasteiger partial charge in [0.2, 0.25) is 5.91 Å². The van der Waals surface area contributed by atoms with E-state index in [1.54, 1.807) is 42.3 Å². The molecule has 2 aromatic rings. The normalized spacial score (nSPS) is 10.7. The van der Waals surface area contributed by atoms with E-state index in [0.29, 0.717) is 17.1 Å². The fourth-order valence-corrected chi connectivity index (χ4v) is 2.10. The van der Waals surface area contributed by atoms with Gasteiger partial charge in [-0.2, -0.15) is 0 Å². The number of nitrogens with zero attached hydrogens (tertiary/aromatic N) is 2. The number of hydrogen-bond acceptors (Lipinski definition) is 3. The van der Waals surface area contributed by atoms with Crippen LogP contribution in [0, 0.1) is 10.1 Å². The summed E-state index contributed by atoms with van der Waals surface area (Å²) in [6.07, 6.45) is 2.96. The molecule has 0 radical (unpaired) electrons. The maximum atomic E-state index is 12.1. The number of non-ortho nitro benzene ring substituents is 1. The van der Waals surface area contributed by atoms with Crippen molar-refractivity contribution in [2.75, 3.05) is 7.05 Å². The van der Waals surface area contributed by atoms with Crippen LogP contribution in [0.4, 0.5) is 5.69 Å². The molecule has 0 atom stereocenters. The molecule has 23 heavy (non-hydrogen) atoms. The van der Waals surface area contributed by atoms with E-state index in [1.165, 1.54) is 18.2 Å². The molecule has 0 saturated carbocycles. The van der Waals surface area contributed by atoms with Crippen LogP contribution in [0.1, 0.15) is 11.1 Å². The van der Waals surface area contributed by atoms with Gasteiger partial charge in [0.05, 0.1) is 4.92 Å². The molecule has 0 unspecified atom stereocenters. The van der Waals surface area contributed by atoms with E-state index in [9.17, 15) is 14.9 Å². The van der Waals surface area contributed by atoms with Gasteiger partial charge in [-0.25, -0.2) is 0 Å². The summed E-state index contributed by atoms with van der Waals surface area (Å²) in [5, 5.41) is 11.4. The summed E-state index contributed by atoms with van der Waals surface area (Å²) in [4.78, 5) is 23.9. The van der Waals surface area contributed by atoms with Crippen LogP contribution < -0.4 is 0 Å². The minimum absolute atomic E-state index is 0.00545. The number of rotatable bonds is 5. The summed E-state index contributed by atoms with van der Waals surface area (Å²) in [6, 6.07) is 13.4. The lowest BCUT2D eigenvalue weighted by atomic mass is 10.2. The lowest BCUT2D eigenvalue weighted by molar-refractivity contribution is -0.384. The summed E-state index contributed by atoms with van der Waals surface area (Å²) in [7, 11) is 1.69. The molecule has 0 bridgehead atoms. The summed E-state index contributed by atoms with van der Waals surface area (Å²) in [6.45, 7) is 0.454. The first-order valence-corrected chi connectivity index (χ1v) is 7.25. The molecule has 0 N–H and O–H groups in total. The third kappa shape index (κ3) is 4.93. The second kappa shape index (κ2) is 7.56. The van der Waals surface area contributed by atoms with Gasteiger partial charge in [0, 0.05) is 36.8 Å². The molecule has 0 aliphatic carbocycles. The number of nitro groups is 1. The van der Waals surface area contributed by atoms with Crippen LogP contribution in [0.25, 0.3) is 6.08 Å². The summed E-state index contributed by atoms with van der Waals surface area (Å²) in [5.41, 5.74) is 1.57. The van der Waals surface area contributed by atoms with Gasteiger partial charge >= 0.3 is 0 Å². The van der Waals surface area contributed by atoms with Crippen molar-refractivity contribution < 1.29 is 9.72 Å². The first kappa shape index (κ1) is 16.7. The first-order chi connectivity index (χ1) is 11.0. The molecule has 5 nitrogen and oxygen atoms in total. The second-order valence-electron chi connectivity index (χ2n) is 5.01. The third-order valence-corrected chi connectivity index (χ3v) is 3.46. The van der Waals surface area contributed by atoms with Gasteiger partial charge in [-0.15, -0.1) is 0 Å². The molecule has 2 rings (SSSR count). The molecule has 0 aliphatic rings. The van der Waals surface area contributed by atoms with Crippen LogP contribution in [0.5, 0.6) is 0 Å². The van der Waals surface area contributed by atoms with Crippen molar-refractivity contribution >= 4 is 29.3 Å².